The first-order valence-corrected chi connectivity index (χ1v) is 9.45. The van der Waals surface area contributed by atoms with E-state index in [2.05, 4.69) is 10.4 Å². The number of halogens is 1. The number of amides is 2. The SMILES string of the molecule is COCC(=O)NCC(=O)N1N=C(c2ccccc2Cl)CC1c1ccc(OC)cc1. The summed E-state index contributed by atoms with van der Waals surface area (Å²) in [6, 6.07) is 14.6. The maximum absolute atomic E-state index is 12.8. The highest BCUT2D eigenvalue weighted by Gasteiger charge is 2.33. The number of ether oxygens (including phenoxy) is 2. The topological polar surface area (TPSA) is 80.2 Å². The first kappa shape index (κ1) is 20.8. The molecule has 8 heteroatoms. The fourth-order valence-corrected chi connectivity index (χ4v) is 3.37. The zero-order valence-electron chi connectivity index (χ0n) is 16.2. The molecule has 2 aromatic carbocycles. The molecule has 0 aromatic heterocycles. The predicted octanol–water partition coefficient (Wildman–Crippen LogP) is 2.79. The molecule has 1 atom stereocenters. The summed E-state index contributed by atoms with van der Waals surface area (Å²) in [7, 11) is 3.02. The van der Waals surface area contributed by atoms with Crippen molar-refractivity contribution in [3.63, 3.8) is 0 Å². The Hall–Kier alpha value is -2.90. The van der Waals surface area contributed by atoms with E-state index in [1.54, 1.807) is 13.2 Å². The maximum Gasteiger partial charge on any atom is 0.262 e. The summed E-state index contributed by atoms with van der Waals surface area (Å²) in [6.07, 6.45) is 0.508. The molecule has 0 aliphatic carbocycles. The second-order valence-corrected chi connectivity index (χ2v) is 6.87. The summed E-state index contributed by atoms with van der Waals surface area (Å²) < 4.78 is 9.98. The molecule has 152 valence electrons. The maximum atomic E-state index is 12.8. The van der Waals surface area contributed by atoms with Gasteiger partial charge in [0.1, 0.15) is 12.4 Å². The van der Waals surface area contributed by atoms with Crippen molar-refractivity contribution in [2.45, 2.75) is 12.5 Å². The number of carbonyl (C=O) groups excluding carboxylic acids is 2. The van der Waals surface area contributed by atoms with E-state index in [0.717, 1.165) is 16.9 Å². The van der Waals surface area contributed by atoms with Crippen LogP contribution in [0.1, 0.15) is 23.6 Å². The molecule has 0 bridgehead atoms. The van der Waals surface area contributed by atoms with Crippen LogP contribution in [0.5, 0.6) is 5.75 Å². The van der Waals surface area contributed by atoms with Crippen LogP contribution in [0.2, 0.25) is 5.02 Å². The van der Waals surface area contributed by atoms with Gasteiger partial charge in [-0.15, -0.1) is 0 Å². The van der Waals surface area contributed by atoms with E-state index in [1.807, 2.05) is 42.5 Å². The summed E-state index contributed by atoms with van der Waals surface area (Å²) in [5.41, 5.74) is 2.41. The Morgan fingerprint density at radius 1 is 1.17 bits per heavy atom. The number of hydrogen-bond acceptors (Lipinski definition) is 5. The third-order valence-corrected chi connectivity index (χ3v) is 4.89. The van der Waals surface area contributed by atoms with Crippen LogP contribution >= 0.6 is 11.6 Å². The van der Waals surface area contributed by atoms with E-state index < -0.39 is 0 Å². The van der Waals surface area contributed by atoms with Gasteiger partial charge in [0.15, 0.2) is 0 Å². The van der Waals surface area contributed by atoms with Crippen molar-refractivity contribution in [3.05, 3.63) is 64.7 Å². The van der Waals surface area contributed by atoms with Gasteiger partial charge in [0.25, 0.3) is 5.91 Å². The molecule has 1 aliphatic rings. The molecule has 0 radical (unpaired) electrons. The summed E-state index contributed by atoms with van der Waals surface area (Å²) in [4.78, 5) is 24.5. The standard InChI is InChI=1S/C21H22ClN3O4/c1-28-13-20(26)23-12-21(27)25-19(14-7-9-15(29-2)10-8-14)11-18(24-25)16-5-3-4-6-17(16)22/h3-10,19H,11-13H2,1-2H3,(H,23,26). The lowest BCUT2D eigenvalue weighted by molar-refractivity contribution is -0.135. The van der Waals surface area contributed by atoms with E-state index in [4.69, 9.17) is 21.1 Å². The van der Waals surface area contributed by atoms with Gasteiger partial charge in [-0.1, -0.05) is 41.9 Å². The third kappa shape index (κ3) is 4.93. The van der Waals surface area contributed by atoms with Crippen molar-refractivity contribution < 1.29 is 19.1 Å². The number of benzene rings is 2. The van der Waals surface area contributed by atoms with Gasteiger partial charge in [-0.25, -0.2) is 5.01 Å². The van der Waals surface area contributed by atoms with E-state index in [-0.39, 0.29) is 31.0 Å². The lowest BCUT2D eigenvalue weighted by Gasteiger charge is -2.22. The van der Waals surface area contributed by atoms with Gasteiger partial charge < -0.3 is 14.8 Å². The van der Waals surface area contributed by atoms with Crippen molar-refractivity contribution in [2.75, 3.05) is 27.4 Å². The van der Waals surface area contributed by atoms with Crippen LogP contribution in [0.3, 0.4) is 0 Å². The molecule has 0 spiro atoms. The Bertz CT molecular complexity index is 914. The smallest absolute Gasteiger partial charge is 0.262 e. The van der Waals surface area contributed by atoms with Crippen molar-refractivity contribution in [3.8, 4) is 5.75 Å². The second-order valence-electron chi connectivity index (χ2n) is 6.47. The molecule has 1 N–H and O–H groups in total. The molecular weight excluding hydrogens is 394 g/mol. The number of methoxy groups -OCH3 is 2. The molecule has 1 heterocycles. The minimum atomic E-state index is -0.364. The average molecular weight is 416 g/mol. The van der Waals surface area contributed by atoms with Crippen molar-refractivity contribution >= 4 is 29.1 Å². The monoisotopic (exact) mass is 415 g/mol. The number of rotatable bonds is 7. The summed E-state index contributed by atoms with van der Waals surface area (Å²) in [5, 5.41) is 9.07. The summed E-state index contributed by atoms with van der Waals surface area (Å²) in [5.74, 6) is 0.0392. The van der Waals surface area contributed by atoms with Crippen LogP contribution in [0, 0.1) is 0 Å². The fraction of sp³-hybridized carbons (Fsp3) is 0.286. The van der Waals surface area contributed by atoms with Crippen molar-refractivity contribution in [1.82, 2.24) is 10.3 Å². The molecular formula is C21H22ClN3O4. The number of nitrogens with one attached hydrogen (secondary N) is 1. The quantitative estimate of drug-likeness (QED) is 0.754. The second kappa shape index (κ2) is 9.54. The normalized spacial score (nSPS) is 15.8. The van der Waals surface area contributed by atoms with Gasteiger partial charge in [-0.3, -0.25) is 9.59 Å². The van der Waals surface area contributed by atoms with Crippen LogP contribution in [0.25, 0.3) is 0 Å². The average Bonchev–Trinajstić information content (AvgIpc) is 3.18. The van der Waals surface area contributed by atoms with E-state index in [1.165, 1.54) is 12.1 Å². The minimum Gasteiger partial charge on any atom is -0.497 e. The molecule has 3 rings (SSSR count). The van der Waals surface area contributed by atoms with E-state index in [0.29, 0.717) is 17.2 Å². The van der Waals surface area contributed by atoms with Gasteiger partial charge in [-0.2, -0.15) is 5.10 Å². The van der Waals surface area contributed by atoms with Crippen LogP contribution in [0.4, 0.5) is 0 Å². The Morgan fingerprint density at radius 3 is 2.55 bits per heavy atom. The first-order chi connectivity index (χ1) is 14.0. The van der Waals surface area contributed by atoms with Crippen LogP contribution in [0.15, 0.2) is 53.6 Å². The summed E-state index contributed by atoms with van der Waals surface area (Å²) in [6.45, 7) is -0.280. The van der Waals surface area contributed by atoms with Crippen LogP contribution in [-0.2, 0) is 14.3 Å². The molecule has 2 amide bonds. The van der Waals surface area contributed by atoms with Crippen LogP contribution < -0.4 is 10.1 Å². The molecule has 0 fully saturated rings. The lowest BCUT2D eigenvalue weighted by atomic mass is 9.98. The largest absolute Gasteiger partial charge is 0.497 e. The summed E-state index contributed by atoms with van der Waals surface area (Å²) >= 11 is 6.33. The molecule has 1 unspecified atom stereocenters. The number of hydrazone groups is 1. The highest BCUT2D eigenvalue weighted by Crippen LogP contribution is 2.34. The molecule has 2 aromatic rings. The van der Waals surface area contributed by atoms with Gasteiger partial charge >= 0.3 is 0 Å². The molecule has 0 saturated carbocycles. The highest BCUT2D eigenvalue weighted by molar-refractivity contribution is 6.34. The fourth-order valence-electron chi connectivity index (χ4n) is 3.12. The lowest BCUT2D eigenvalue weighted by Crippen LogP contribution is -2.39. The van der Waals surface area contributed by atoms with E-state index >= 15 is 0 Å². The highest BCUT2D eigenvalue weighted by atomic mass is 35.5. The number of nitrogens with zero attached hydrogens (tertiary/aromatic N) is 2. The molecule has 7 nitrogen and oxygen atoms in total. The van der Waals surface area contributed by atoms with Crippen LogP contribution in [-0.4, -0.2) is 49.9 Å². The van der Waals surface area contributed by atoms with E-state index in [9.17, 15) is 9.59 Å². The predicted molar refractivity (Wildman–Crippen MR) is 110 cm³/mol. The van der Waals surface area contributed by atoms with Crippen molar-refractivity contribution in [1.29, 1.82) is 0 Å². The Labute approximate surface area is 174 Å². The Morgan fingerprint density at radius 2 is 1.90 bits per heavy atom. The Balaban J connectivity index is 1.86. The number of hydrogen-bond donors (Lipinski definition) is 1. The Kier molecular flexibility index (Phi) is 6.85. The minimum absolute atomic E-state index is 0.108. The van der Waals surface area contributed by atoms with Gasteiger partial charge in [-0.05, 0) is 23.8 Å². The zero-order valence-corrected chi connectivity index (χ0v) is 17.0. The van der Waals surface area contributed by atoms with Crippen molar-refractivity contribution in [2.24, 2.45) is 5.10 Å². The first-order valence-electron chi connectivity index (χ1n) is 9.07. The van der Waals surface area contributed by atoms with Gasteiger partial charge in [0.05, 0.1) is 25.4 Å². The molecule has 1 aliphatic heterocycles. The van der Waals surface area contributed by atoms with Gasteiger partial charge in [0.2, 0.25) is 5.91 Å². The van der Waals surface area contributed by atoms with Gasteiger partial charge in [0, 0.05) is 24.1 Å². The number of carbonyl (C=O) groups is 2. The molecule has 29 heavy (non-hydrogen) atoms. The molecule has 0 saturated heterocycles. The zero-order chi connectivity index (χ0) is 20.8. The third-order valence-electron chi connectivity index (χ3n) is 4.56.